The molecular formula is C12H14N2O. The zero-order valence-corrected chi connectivity index (χ0v) is 9.46. The number of ketones is 1. The number of rotatable bonds is 0. The largest absolute Gasteiger partial charge is 0.293 e. The van der Waals surface area contributed by atoms with Crippen LogP contribution in [0.15, 0.2) is 11.1 Å². The predicted molar refractivity (Wildman–Crippen MR) is 60.0 cm³/mol. The van der Waals surface area contributed by atoms with Crippen LogP contribution in [0.2, 0.25) is 0 Å². The lowest BCUT2D eigenvalue weighted by molar-refractivity contribution is 0.0959. The molecule has 78 valence electrons. The molecule has 1 atom stereocenters. The summed E-state index contributed by atoms with van der Waals surface area (Å²) in [7, 11) is 0. The second-order valence-electron chi connectivity index (χ2n) is 4.12. The minimum absolute atomic E-state index is 0.110. The number of carbonyl (C=O) groups is 1. The molecule has 1 unspecified atom stereocenters. The van der Waals surface area contributed by atoms with E-state index in [-0.39, 0.29) is 11.7 Å². The summed E-state index contributed by atoms with van der Waals surface area (Å²) in [5.74, 6) is 0.622. The maximum atomic E-state index is 12.0. The van der Waals surface area contributed by atoms with E-state index in [1.54, 1.807) is 0 Å². The Hall–Kier alpha value is -1.51. The topological polar surface area (TPSA) is 42.3 Å². The summed E-state index contributed by atoms with van der Waals surface area (Å²) in [6, 6.07) is 1.93. The first kappa shape index (κ1) is 10.0. The van der Waals surface area contributed by atoms with Gasteiger partial charge in [-0.2, -0.15) is 0 Å². The maximum absolute atomic E-state index is 12.0. The van der Waals surface area contributed by atoms with Gasteiger partial charge in [-0.1, -0.05) is 0 Å². The Bertz CT molecular complexity index is 475. The summed E-state index contributed by atoms with van der Waals surface area (Å²) in [4.78, 5) is 20.7. The molecule has 0 aromatic carbocycles. The number of carbonyl (C=O) groups excluding carboxylic acids is 1. The first-order chi connectivity index (χ1) is 7.00. The fourth-order valence-electron chi connectivity index (χ4n) is 1.87. The summed E-state index contributed by atoms with van der Waals surface area (Å²) in [6.45, 7) is 7.63. The third kappa shape index (κ3) is 1.48. The number of aliphatic imine (C=N–C) groups is 1. The van der Waals surface area contributed by atoms with Crippen LogP contribution in [0.4, 0.5) is 5.82 Å². The van der Waals surface area contributed by atoms with Crippen molar-refractivity contribution < 1.29 is 4.79 Å². The van der Waals surface area contributed by atoms with Gasteiger partial charge in [-0.05, 0) is 39.3 Å². The van der Waals surface area contributed by atoms with Crippen molar-refractivity contribution in [1.29, 1.82) is 0 Å². The molecule has 0 N–H and O–H groups in total. The molecule has 0 saturated carbocycles. The highest BCUT2D eigenvalue weighted by atomic mass is 16.1. The Morgan fingerprint density at radius 1 is 1.27 bits per heavy atom. The van der Waals surface area contributed by atoms with Crippen molar-refractivity contribution in [3.05, 3.63) is 22.9 Å². The molecule has 0 spiro atoms. The van der Waals surface area contributed by atoms with E-state index >= 15 is 0 Å². The van der Waals surface area contributed by atoms with Crippen molar-refractivity contribution in [2.45, 2.75) is 27.7 Å². The summed E-state index contributed by atoms with van der Waals surface area (Å²) in [5.41, 5.74) is 3.43. The van der Waals surface area contributed by atoms with Crippen LogP contribution in [0, 0.1) is 19.8 Å². The minimum atomic E-state index is -0.110. The van der Waals surface area contributed by atoms with E-state index in [9.17, 15) is 4.79 Å². The molecular weight excluding hydrogens is 188 g/mol. The molecule has 0 bridgehead atoms. The van der Waals surface area contributed by atoms with Crippen molar-refractivity contribution in [3.63, 3.8) is 0 Å². The molecule has 15 heavy (non-hydrogen) atoms. The first-order valence-corrected chi connectivity index (χ1v) is 5.08. The van der Waals surface area contributed by atoms with Gasteiger partial charge in [0.05, 0.1) is 11.5 Å². The average Bonchev–Trinajstić information content (AvgIpc) is 2.13. The van der Waals surface area contributed by atoms with Crippen LogP contribution in [0.1, 0.15) is 35.5 Å². The van der Waals surface area contributed by atoms with Crippen LogP contribution >= 0.6 is 0 Å². The zero-order chi connectivity index (χ0) is 11.2. The molecule has 0 aliphatic carbocycles. The van der Waals surface area contributed by atoms with Gasteiger partial charge in [0.2, 0.25) is 0 Å². The predicted octanol–water partition coefficient (Wildman–Crippen LogP) is 2.62. The molecule has 0 fully saturated rings. The Balaban J connectivity index is 2.72. The molecule has 1 aliphatic rings. The van der Waals surface area contributed by atoms with Crippen molar-refractivity contribution in [1.82, 2.24) is 4.98 Å². The van der Waals surface area contributed by atoms with Crippen molar-refractivity contribution in [3.8, 4) is 0 Å². The van der Waals surface area contributed by atoms with E-state index in [1.807, 2.05) is 33.8 Å². The quantitative estimate of drug-likeness (QED) is 0.649. The monoisotopic (exact) mass is 202 g/mol. The highest BCUT2D eigenvalue weighted by molar-refractivity contribution is 6.17. The molecule has 2 rings (SSSR count). The Morgan fingerprint density at radius 3 is 2.60 bits per heavy atom. The molecule has 2 heterocycles. The van der Waals surface area contributed by atoms with E-state index in [4.69, 9.17) is 0 Å². The molecule has 1 aromatic rings. The van der Waals surface area contributed by atoms with Gasteiger partial charge in [0.15, 0.2) is 11.6 Å². The van der Waals surface area contributed by atoms with E-state index in [1.165, 1.54) is 0 Å². The standard InChI is InChI=1S/C12H14N2O/c1-6-5-7(2)13-12-10(6)11(15)8(3)9(4)14-12/h5,8H,1-4H3. The van der Waals surface area contributed by atoms with Crippen molar-refractivity contribution in [2.24, 2.45) is 10.9 Å². The summed E-state index contributed by atoms with van der Waals surface area (Å²) in [6.07, 6.45) is 0. The van der Waals surface area contributed by atoms with Crippen molar-refractivity contribution >= 4 is 17.3 Å². The van der Waals surface area contributed by atoms with Crippen LogP contribution in [-0.2, 0) is 0 Å². The van der Waals surface area contributed by atoms with Gasteiger partial charge in [-0.25, -0.2) is 9.98 Å². The van der Waals surface area contributed by atoms with Gasteiger partial charge in [-0.3, -0.25) is 4.79 Å². The third-order valence-corrected chi connectivity index (χ3v) is 2.87. The second-order valence-corrected chi connectivity index (χ2v) is 4.12. The zero-order valence-electron chi connectivity index (χ0n) is 9.46. The summed E-state index contributed by atoms with van der Waals surface area (Å²) >= 11 is 0. The number of hydrogen-bond acceptors (Lipinski definition) is 3. The van der Waals surface area contributed by atoms with Crippen LogP contribution in [0.3, 0.4) is 0 Å². The van der Waals surface area contributed by atoms with E-state index < -0.39 is 0 Å². The summed E-state index contributed by atoms with van der Waals surface area (Å²) in [5, 5.41) is 0. The minimum Gasteiger partial charge on any atom is -0.293 e. The number of aromatic nitrogens is 1. The van der Waals surface area contributed by atoms with Gasteiger partial charge < -0.3 is 0 Å². The maximum Gasteiger partial charge on any atom is 0.175 e. The van der Waals surface area contributed by atoms with Crippen molar-refractivity contribution in [2.75, 3.05) is 0 Å². The highest BCUT2D eigenvalue weighted by Crippen LogP contribution is 2.29. The van der Waals surface area contributed by atoms with E-state index in [2.05, 4.69) is 9.98 Å². The number of Topliss-reactive ketones (excluding diaryl/α,β-unsaturated/α-hetero) is 1. The lowest BCUT2D eigenvalue weighted by Crippen LogP contribution is -2.24. The fourth-order valence-corrected chi connectivity index (χ4v) is 1.87. The third-order valence-electron chi connectivity index (χ3n) is 2.87. The lowest BCUT2D eigenvalue weighted by atomic mass is 9.90. The Kier molecular flexibility index (Phi) is 2.18. The van der Waals surface area contributed by atoms with Crippen LogP contribution in [0.5, 0.6) is 0 Å². The van der Waals surface area contributed by atoms with Crippen LogP contribution < -0.4 is 0 Å². The van der Waals surface area contributed by atoms with Gasteiger partial charge in [0.25, 0.3) is 0 Å². The molecule has 0 amide bonds. The molecule has 1 aromatic heterocycles. The lowest BCUT2D eigenvalue weighted by Gasteiger charge is -2.19. The molecule has 3 nitrogen and oxygen atoms in total. The fraction of sp³-hybridized carbons (Fsp3) is 0.417. The Labute approximate surface area is 89.3 Å². The van der Waals surface area contributed by atoms with Gasteiger partial charge in [0.1, 0.15) is 0 Å². The van der Waals surface area contributed by atoms with E-state index in [0.717, 1.165) is 17.0 Å². The number of pyridine rings is 1. The number of hydrogen-bond donors (Lipinski definition) is 0. The van der Waals surface area contributed by atoms with Crippen LogP contribution in [0.25, 0.3) is 0 Å². The average molecular weight is 202 g/mol. The molecule has 3 heteroatoms. The normalized spacial score (nSPS) is 19.9. The van der Waals surface area contributed by atoms with Gasteiger partial charge in [0, 0.05) is 11.4 Å². The molecule has 0 radical (unpaired) electrons. The number of nitrogens with zero attached hydrogens (tertiary/aromatic N) is 2. The Morgan fingerprint density at radius 2 is 1.93 bits per heavy atom. The number of fused-ring (bicyclic) bond motifs is 1. The second kappa shape index (κ2) is 3.26. The van der Waals surface area contributed by atoms with Crippen LogP contribution in [-0.4, -0.2) is 16.5 Å². The number of aryl methyl sites for hydroxylation is 2. The van der Waals surface area contributed by atoms with Gasteiger partial charge >= 0.3 is 0 Å². The first-order valence-electron chi connectivity index (χ1n) is 5.08. The molecule has 1 aliphatic heterocycles. The SMILES string of the molecule is CC1=Nc2nc(C)cc(C)c2C(=O)C1C. The summed E-state index contributed by atoms with van der Waals surface area (Å²) < 4.78 is 0. The van der Waals surface area contributed by atoms with E-state index in [0.29, 0.717) is 11.4 Å². The van der Waals surface area contributed by atoms with Gasteiger partial charge in [-0.15, -0.1) is 0 Å². The molecule has 0 saturated heterocycles. The highest BCUT2D eigenvalue weighted by Gasteiger charge is 2.27. The smallest absolute Gasteiger partial charge is 0.175 e.